The summed E-state index contributed by atoms with van der Waals surface area (Å²) in [6.45, 7) is 1.97. The van der Waals surface area contributed by atoms with Crippen LogP contribution in [0.4, 0.5) is 5.82 Å². The zero-order valence-corrected chi connectivity index (χ0v) is 16.1. The predicted octanol–water partition coefficient (Wildman–Crippen LogP) is 4.03. The molecule has 2 aromatic heterocycles. The van der Waals surface area contributed by atoms with Gasteiger partial charge in [0.15, 0.2) is 5.82 Å². The number of aryl methyl sites for hydroxylation is 1. The molecule has 1 aromatic carbocycles. The summed E-state index contributed by atoms with van der Waals surface area (Å²) in [5.74, 6) is 3.30. The first-order valence-electron chi connectivity index (χ1n) is 10.0. The molecule has 0 bridgehead atoms. The molecule has 5 heteroatoms. The van der Waals surface area contributed by atoms with Crippen LogP contribution in [-0.2, 0) is 12.8 Å². The highest BCUT2D eigenvalue weighted by atomic mass is 16.5. The number of hydrogen-bond donors (Lipinski definition) is 0. The van der Waals surface area contributed by atoms with E-state index in [4.69, 9.17) is 14.7 Å². The van der Waals surface area contributed by atoms with Crippen molar-refractivity contribution in [1.29, 1.82) is 0 Å². The van der Waals surface area contributed by atoms with Crippen LogP contribution < -0.4 is 9.64 Å². The minimum Gasteiger partial charge on any atom is -0.496 e. The number of benzene rings is 1. The molecule has 1 fully saturated rings. The van der Waals surface area contributed by atoms with Gasteiger partial charge in [-0.3, -0.25) is 4.98 Å². The van der Waals surface area contributed by atoms with E-state index in [2.05, 4.69) is 28.1 Å². The van der Waals surface area contributed by atoms with E-state index in [1.165, 1.54) is 16.8 Å². The highest BCUT2D eigenvalue weighted by molar-refractivity contribution is 5.59. The van der Waals surface area contributed by atoms with Crippen LogP contribution in [-0.4, -0.2) is 35.2 Å². The van der Waals surface area contributed by atoms with Crippen molar-refractivity contribution >= 4 is 5.82 Å². The maximum atomic E-state index is 5.60. The number of hydrogen-bond acceptors (Lipinski definition) is 5. The molecule has 2 aliphatic rings. The Morgan fingerprint density at radius 1 is 1.04 bits per heavy atom. The summed E-state index contributed by atoms with van der Waals surface area (Å²) in [5.41, 5.74) is 4.67. The number of nitrogens with zero attached hydrogens (tertiary/aromatic N) is 4. The standard InChI is InChI=1S/C23H24N4O/c1-28-21-11-3-2-7-17(21)16-12-14-27(15-16)23-18-8-6-10-19(18)25-22(26-23)20-9-4-5-13-24-20/h2-5,7,9,11,13,16H,6,8,10,12,14-15H2,1H3. The van der Waals surface area contributed by atoms with Crippen LogP contribution in [0.1, 0.15) is 35.6 Å². The van der Waals surface area contributed by atoms with Gasteiger partial charge in [0.05, 0.1) is 7.11 Å². The van der Waals surface area contributed by atoms with Gasteiger partial charge >= 0.3 is 0 Å². The Hall–Kier alpha value is -2.95. The third-order valence-electron chi connectivity index (χ3n) is 5.87. The largest absolute Gasteiger partial charge is 0.496 e. The van der Waals surface area contributed by atoms with Crippen molar-refractivity contribution in [2.75, 3.05) is 25.1 Å². The van der Waals surface area contributed by atoms with E-state index in [0.717, 1.165) is 61.9 Å². The fourth-order valence-electron chi connectivity index (χ4n) is 4.49. The lowest BCUT2D eigenvalue weighted by Gasteiger charge is -2.22. The third-order valence-corrected chi connectivity index (χ3v) is 5.87. The predicted molar refractivity (Wildman–Crippen MR) is 110 cm³/mol. The zero-order chi connectivity index (χ0) is 18.9. The van der Waals surface area contributed by atoms with Crippen LogP contribution in [0.2, 0.25) is 0 Å². The van der Waals surface area contributed by atoms with E-state index in [1.54, 1.807) is 13.3 Å². The third kappa shape index (κ3) is 3.01. The molecule has 28 heavy (non-hydrogen) atoms. The summed E-state index contributed by atoms with van der Waals surface area (Å²) in [6, 6.07) is 14.3. The average Bonchev–Trinajstić information content (AvgIpc) is 3.43. The fourth-order valence-corrected chi connectivity index (χ4v) is 4.49. The average molecular weight is 372 g/mol. The van der Waals surface area contributed by atoms with E-state index < -0.39 is 0 Å². The van der Waals surface area contributed by atoms with E-state index >= 15 is 0 Å². The lowest BCUT2D eigenvalue weighted by molar-refractivity contribution is 0.406. The topological polar surface area (TPSA) is 51.1 Å². The quantitative estimate of drug-likeness (QED) is 0.692. The molecule has 1 atom stereocenters. The maximum Gasteiger partial charge on any atom is 0.180 e. The van der Waals surface area contributed by atoms with Gasteiger partial charge in [-0.1, -0.05) is 24.3 Å². The van der Waals surface area contributed by atoms with Gasteiger partial charge < -0.3 is 9.64 Å². The normalized spacial score (nSPS) is 18.3. The number of anilines is 1. The summed E-state index contributed by atoms with van der Waals surface area (Å²) in [4.78, 5) is 16.7. The Labute approximate surface area is 165 Å². The van der Waals surface area contributed by atoms with Crippen LogP contribution in [0.15, 0.2) is 48.7 Å². The highest BCUT2D eigenvalue weighted by Gasteiger charge is 2.30. The van der Waals surface area contributed by atoms with Crippen molar-refractivity contribution in [2.24, 2.45) is 0 Å². The van der Waals surface area contributed by atoms with Crippen molar-refractivity contribution in [3.63, 3.8) is 0 Å². The molecular weight excluding hydrogens is 348 g/mol. The van der Waals surface area contributed by atoms with Crippen LogP contribution in [0.25, 0.3) is 11.5 Å². The lowest BCUT2D eigenvalue weighted by atomic mass is 9.97. The van der Waals surface area contributed by atoms with E-state index in [1.807, 2.05) is 24.3 Å². The Morgan fingerprint density at radius 2 is 1.93 bits per heavy atom. The molecule has 5 nitrogen and oxygen atoms in total. The first kappa shape index (κ1) is 17.2. The number of ether oxygens (including phenoxy) is 1. The van der Waals surface area contributed by atoms with Crippen molar-refractivity contribution in [3.05, 3.63) is 65.5 Å². The Balaban J connectivity index is 1.49. The summed E-state index contributed by atoms with van der Waals surface area (Å²) >= 11 is 0. The van der Waals surface area contributed by atoms with Gasteiger partial charge in [-0.05, 0) is 49.4 Å². The van der Waals surface area contributed by atoms with Crippen molar-refractivity contribution in [3.8, 4) is 17.3 Å². The number of aromatic nitrogens is 3. The Morgan fingerprint density at radius 3 is 2.79 bits per heavy atom. The molecule has 0 spiro atoms. The molecule has 0 N–H and O–H groups in total. The summed E-state index contributed by atoms with van der Waals surface area (Å²) in [6.07, 6.45) is 6.18. The molecule has 1 saturated heterocycles. The Bertz CT molecular complexity index is 989. The first-order valence-corrected chi connectivity index (χ1v) is 10.0. The van der Waals surface area contributed by atoms with Gasteiger partial charge in [-0.2, -0.15) is 0 Å². The number of rotatable bonds is 4. The summed E-state index contributed by atoms with van der Waals surface area (Å²) in [7, 11) is 1.75. The molecule has 5 rings (SSSR count). The van der Waals surface area contributed by atoms with Crippen molar-refractivity contribution in [1.82, 2.24) is 15.0 Å². The second-order valence-corrected chi connectivity index (χ2v) is 7.54. The molecule has 3 aromatic rings. The number of para-hydroxylation sites is 1. The second-order valence-electron chi connectivity index (χ2n) is 7.54. The summed E-state index contributed by atoms with van der Waals surface area (Å²) < 4.78 is 5.60. The van der Waals surface area contributed by atoms with Crippen LogP contribution in [0.5, 0.6) is 5.75 Å². The molecule has 0 radical (unpaired) electrons. The Kier molecular flexibility index (Phi) is 4.43. The second kappa shape index (κ2) is 7.23. The molecule has 0 amide bonds. The lowest BCUT2D eigenvalue weighted by Crippen LogP contribution is -2.23. The van der Waals surface area contributed by atoms with Crippen LogP contribution in [0.3, 0.4) is 0 Å². The first-order chi connectivity index (χ1) is 13.8. The fraction of sp³-hybridized carbons (Fsp3) is 0.348. The minimum atomic E-state index is 0.460. The van der Waals surface area contributed by atoms with E-state index in [9.17, 15) is 0 Å². The van der Waals surface area contributed by atoms with Crippen LogP contribution in [0, 0.1) is 0 Å². The highest BCUT2D eigenvalue weighted by Crippen LogP contribution is 2.38. The van der Waals surface area contributed by atoms with E-state index in [-0.39, 0.29) is 0 Å². The SMILES string of the molecule is COc1ccccc1C1CCN(c2nc(-c3ccccn3)nc3c2CCC3)C1. The number of fused-ring (bicyclic) bond motifs is 1. The van der Waals surface area contributed by atoms with Crippen LogP contribution >= 0.6 is 0 Å². The molecule has 1 aliphatic carbocycles. The molecule has 3 heterocycles. The number of pyridine rings is 1. The van der Waals surface area contributed by atoms with Gasteiger partial charge in [-0.15, -0.1) is 0 Å². The molecule has 0 saturated carbocycles. The number of methoxy groups -OCH3 is 1. The van der Waals surface area contributed by atoms with Gasteiger partial charge in [0.25, 0.3) is 0 Å². The van der Waals surface area contributed by atoms with Gasteiger partial charge in [0.1, 0.15) is 17.3 Å². The molecule has 142 valence electrons. The van der Waals surface area contributed by atoms with Crippen molar-refractivity contribution < 1.29 is 4.74 Å². The zero-order valence-electron chi connectivity index (χ0n) is 16.1. The minimum absolute atomic E-state index is 0.460. The molecular formula is C23H24N4O. The van der Waals surface area contributed by atoms with Gasteiger partial charge in [0, 0.05) is 36.5 Å². The summed E-state index contributed by atoms with van der Waals surface area (Å²) in [5, 5.41) is 0. The van der Waals surface area contributed by atoms with E-state index in [0.29, 0.717) is 5.92 Å². The monoisotopic (exact) mass is 372 g/mol. The smallest absolute Gasteiger partial charge is 0.180 e. The van der Waals surface area contributed by atoms with Gasteiger partial charge in [-0.25, -0.2) is 9.97 Å². The van der Waals surface area contributed by atoms with Gasteiger partial charge in [0.2, 0.25) is 0 Å². The maximum absolute atomic E-state index is 5.60. The molecule has 1 unspecified atom stereocenters. The molecule has 1 aliphatic heterocycles. The van der Waals surface area contributed by atoms with Crippen molar-refractivity contribution in [2.45, 2.75) is 31.6 Å².